The molecule has 50 heavy (non-hydrogen) atoms. The Morgan fingerprint density at radius 3 is 2.16 bits per heavy atom. The van der Waals surface area contributed by atoms with Gasteiger partial charge in [0.25, 0.3) is 0 Å². The Balaban J connectivity index is 0.000000241. The van der Waals surface area contributed by atoms with Gasteiger partial charge in [-0.25, -0.2) is 0 Å². The summed E-state index contributed by atoms with van der Waals surface area (Å²) >= 11 is 0. The topological polar surface area (TPSA) is 38.9 Å². The Labute approximate surface area is 312 Å². The van der Waals surface area contributed by atoms with Crippen LogP contribution in [0.4, 0.5) is 0 Å². The minimum Gasteiger partial charge on any atom is -0.500 e. The van der Waals surface area contributed by atoms with Crippen molar-refractivity contribution in [3.8, 4) is 33.6 Å². The number of hydrogen-bond donors (Lipinski definition) is 0. The third-order valence-corrected chi connectivity index (χ3v) is 10.8. The van der Waals surface area contributed by atoms with Gasteiger partial charge in [-0.15, -0.1) is 59.7 Å². The summed E-state index contributed by atoms with van der Waals surface area (Å²) < 4.78 is 6.44. The van der Waals surface area contributed by atoms with Gasteiger partial charge in [0.2, 0.25) is 0 Å². The van der Waals surface area contributed by atoms with Crippen molar-refractivity contribution < 1.29 is 24.5 Å². The number of aromatic nitrogens is 2. The van der Waals surface area contributed by atoms with Crippen molar-refractivity contribution >= 4 is 35.2 Å². The quantitative estimate of drug-likeness (QED) is 0.124. The molecule has 0 fully saturated rings. The van der Waals surface area contributed by atoms with E-state index in [4.69, 9.17) is 4.42 Å². The number of pyridine rings is 2. The average molecular weight is 851 g/mol. The number of hydrogen-bond acceptors (Lipinski definition) is 3. The number of fused-ring (bicyclic) bond motifs is 3. The van der Waals surface area contributed by atoms with Crippen LogP contribution in [-0.4, -0.2) is 18.0 Å². The van der Waals surface area contributed by atoms with Gasteiger partial charge in [-0.05, 0) is 51.5 Å². The van der Waals surface area contributed by atoms with Crippen molar-refractivity contribution in [1.29, 1.82) is 0 Å². The van der Waals surface area contributed by atoms with Gasteiger partial charge in [0, 0.05) is 43.4 Å². The Morgan fingerprint density at radius 1 is 0.760 bits per heavy atom. The first kappa shape index (κ1) is 37.1. The van der Waals surface area contributed by atoms with Gasteiger partial charge in [-0.2, -0.15) is 0 Å². The third kappa shape index (κ3) is 8.58. The molecular weight excluding hydrogens is 805 g/mol. The van der Waals surface area contributed by atoms with Crippen LogP contribution >= 0.6 is 0 Å². The molecule has 1 radical (unpaired) electrons. The van der Waals surface area contributed by atoms with Crippen LogP contribution in [0.2, 0.25) is 19.6 Å². The van der Waals surface area contributed by atoms with E-state index in [1.54, 1.807) is 0 Å². The molecule has 257 valence electrons. The van der Waals surface area contributed by atoms with E-state index in [-0.39, 0.29) is 25.5 Å². The zero-order chi connectivity index (χ0) is 34.8. The van der Waals surface area contributed by atoms with Crippen LogP contribution < -0.4 is 5.19 Å². The Hall–Kier alpha value is -4.15. The summed E-state index contributed by atoms with van der Waals surface area (Å²) in [6.45, 7) is 18.2. The molecule has 5 heteroatoms. The summed E-state index contributed by atoms with van der Waals surface area (Å²) in [6, 6.07) is 42.3. The summed E-state index contributed by atoms with van der Waals surface area (Å²) in [5.41, 5.74) is 11.1. The summed E-state index contributed by atoms with van der Waals surface area (Å²) in [5.74, 6) is 0.337. The number of furan rings is 1. The van der Waals surface area contributed by atoms with Gasteiger partial charge in [-0.1, -0.05) is 126 Å². The second-order valence-electron chi connectivity index (χ2n) is 15.4. The summed E-state index contributed by atoms with van der Waals surface area (Å²) in [4.78, 5) is 9.17. The van der Waals surface area contributed by atoms with E-state index >= 15 is 0 Å². The fourth-order valence-corrected chi connectivity index (χ4v) is 7.32. The zero-order valence-electron chi connectivity index (χ0n) is 30.4. The maximum Gasteiger partial charge on any atom is 0.125 e. The van der Waals surface area contributed by atoms with E-state index in [1.165, 1.54) is 27.4 Å². The summed E-state index contributed by atoms with van der Waals surface area (Å²) in [7, 11) is -1.23. The normalized spacial score (nSPS) is 11.7. The second kappa shape index (κ2) is 15.4. The van der Waals surface area contributed by atoms with Crippen LogP contribution in [0.25, 0.3) is 55.6 Å². The molecule has 3 nitrogen and oxygen atoms in total. The summed E-state index contributed by atoms with van der Waals surface area (Å²) in [6.07, 6.45) is 4.94. The molecule has 0 N–H and O–H groups in total. The molecule has 0 unspecified atom stereocenters. The van der Waals surface area contributed by atoms with Crippen molar-refractivity contribution in [3.05, 3.63) is 139 Å². The van der Waals surface area contributed by atoms with E-state index in [1.807, 2.05) is 42.7 Å². The number of rotatable bonds is 6. The van der Waals surface area contributed by atoms with Crippen molar-refractivity contribution in [2.45, 2.75) is 66.6 Å². The van der Waals surface area contributed by atoms with Crippen molar-refractivity contribution in [3.63, 3.8) is 0 Å². The van der Waals surface area contributed by atoms with Crippen molar-refractivity contribution in [2.75, 3.05) is 0 Å². The maximum absolute atomic E-state index is 6.44. The molecule has 0 atom stereocenters. The van der Waals surface area contributed by atoms with Gasteiger partial charge in [0.15, 0.2) is 0 Å². The first-order chi connectivity index (χ1) is 23.4. The predicted molar refractivity (Wildman–Crippen MR) is 210 cm³/mol. The average Bonchev–Trinajstić information content (AvgIpc) is 3.46. The molecule has 3 aromatic heterocycles. The fraction of sp³-hybridized carbons (Fsp3) is 0.244. The zero-order valence-corrected chi connectivity index (χ0v) is 33.8. The molecule has 4 aromatic carbocycles. The molecule has 0 bridgehead atoms. The third-order valence-electron chi connectivity index (χ3n) is 8.72. The van der Waals surface area contributed by atoms with Gasteiger partial charge < -0.3 is 14.4 Å². The van der Waals surface area contributed by atoms with Crippen molar-refractivity contribution in [2.24, 2.45) is 5.41 Å². The molecule has 3 heterocycles. The monoisotopic (exact) mass is 851 g/mol. The largest absolute Gasteiger partial charge is 0.500 e. The molecule has 7 rings (SSSR count). The van der Waals surface area contributed by atoms with Crippen LogP contribution in [0.5, 0.6) is 0 Å². The van der Waals surface area contributed by atoms with Crippen LogP contribution in [0.3, 0.4) is 0 Å². The van der Waals surface area contributed by atoms with E-state index < -0.39 is 8.07 Å². The van der Waals surface area contributed by atoms with Gasteiger partial charge in [0.1, 0.15) is 5.58 Å². The van der Waals surface area contributed by atoms with Gasteiger partial charge >= 0.3 is 0 Å². The van der Waals surface area contributed by atoms with Crippen LogP contribution in [0, 0.1) is 17.5 Å². The van der Waals surface area contributed by atoms with Gasteiger partial charge in [-0.3, -0.25) is 0 Å². The Morgan fingerprint density at radius 2 is 1.52 bits per heavy atom. The SMILES string of the molecule is CC(C)c1c(-c2ccccc2)ccc2c1oc1c[c-]c(-c3cc(CC(C)(C)C)ccn3)cc12.C[Si](C)(C)c1ccc(-c2[c-]cccc2)nc1.[Ir]. The van der Waals surface area contributed by atoms with Gasteiger partial charge in [0.05, 0.1) is 13.7 Å². The molecule has 0 aliphatic carbocycles. The number of benzene rings is 4. The molecular formula is C45H46IrN2OSi-2. The fourth-order valence-electron chi connectivity index (χ4n) is 6.29. The maximum atomic E-state index is 6.44. The minimum absolute atomic E-state index is 0. The van der Waals surface area contributed by atoms with Crippen molar-refractivity contribution in [1.82, 2.24) is 9.97 Å². The van der Waals surface area contributed by atoms with E-state index in [0.717, 1.165) is 50.9 Å². The molecule has 0 aliphatic heterocycles. The first-order valence-corrected chi connectivity index (χ1v) is 20.7. The Kier molecular flexibility index (Phi) is 11.4. The molecule has 7 aromatic rings. The standard InChI is InChI=1S/C31H30NO.C14H16NSi.Ir/c1-20(2)29-24(22-9-7-6-8-10-22)12-13-25-26-18-23(11-14-28(26)33-30(25)29)27-17-21(15-16-32-27)19-31(3,4)5;1-16(2,3)13-9-10-14(15-11-13)12-7-5-4-6-8-12;/h6-10,12-18,20H,19H2,1-5H3;4-7,9-11H,1-3H3;/q2*-1;. The molecule has 0 amide bonds. The predicted octanol–water partition coefficient (Wildman–Crippen LogP) is 11.9. The smallest absolute Gasteiger partial charge is 0.125 e. The van der Waals surface area contributed by atoms with E-state index in [9.17, 15) is 0 Å². The van der Waals surface area contributed by atoms with E-state index in [0.29, 0.717) is 5.92 Å². The molecule has 0 saturated heterocycles. The Bertz CT molecular complexity index is 2180. The first-order valence-electron chi connectivity index (χ1n) is 17.2. The molecule has 0 saturated carbocycles. The summed E-state index contributed by atoms with van der Waals surface area (Å²) in [5, 5.41) is 3.66. The molecule has 0 aliphatic rings. The number of nitrogens with zero attached hydrogens (tertiary/aromatic N) is 2. The molecule has 0 spiro atoms. The second-order valence-corrected chi connectivity index (χ2v) is 20.5. The van der Waals surface area contributed by atoms with Crippen LogP contribution in [0.1, 0.15) is 51.7 Å². The van der Waals surface area contributed by atoms with Crippen LogP contribution in [-0.2, 0) is 26.5 Å². The van der Waals surface area contributed by atoms with E-state index in [2.05, 4.69) is 149 Å². The minimum atomic E-state index is -1.23. The van der Waals surface area contributed by atoms with Crippen LogP contribution in [0.15, 0.2) is 120 Å².